The Balaban J connectivity index is 1.44. The van der Waals surface area contributed by atoms with Gasteiger partial charge >= 0.3 is 5.97 Å². The molecule has 0 heterocycles. The molecule has 4 unspecified atom stereocenters. The summed E-state index contributed by atoms with van der Waals surface area (Å²) < 4.78 is 0. The summed E-state index contributed by atoms with van der Waals surface area (Å²) in [5.74, 6) is -11.6. The topological polar surface area (TPSA) is 213 Å². The number of phenolic OH excluding ortho intramolecular Hbond substituents is 1. The number of carboxylic acid groups (broad SMARTS) is 1. The lowest BCUT2D eigenvalue weighted by molar-refractivity contribution is -0.175. The molecule has 5 atom stereocenters. The van der Waals surface area contributed by atoms with Crippen molar-refractivity contribution in [3.63, 3.8) is 0 Å². The molecule has 2 saturated carbocycles. The van der Waals surface area contributed by atoms with Gasteiger partial charge in [-0.1, -0.05) is 12.1 Å². The number of aromatic carboxylic acids is 1. The van der Waals surface area contributed by atoms with E-state index in [0.717, 1.165) is 5.56 Å². The van der Waals surface area contributed by atoms with Crippen LogP contribution in [-0.2, 0) is 38.7 Å². The predicted octanol–water partition coefficient (Wildman–Crippen LogP) is 0.357. The van der Waals surface area contributed by atoms with Crippen LogP contribution in [0.1, 0.15) is 50.2 Å². The third kappa shape index (κ3) is 4.39. The average Bonchev–Trinajstić information content (AvgIpc) is 2.92. The van der Waals surface area contributed by atoms with E-state index in [2.05, 4.69) is 10.6 Å². The van der Waals surface area contributed by atoms with E-state index in [1.165, 1.54) is 12.1 Å². The molecule has 2 fully saturated rings. The lowest BCUT2D eigenvalue weighted by Gasteiger charge is -2.48. The maximum Gasteiger partial charge on any atom is 0.335 e. The number of fused-ring (bicyclic) bond motifs is 3. The van der Waals surface area contributed by atoms with Crippen LogP contribution < -0.4 is 16.4 Å². The minimum Gasteiger partial charge on any atom is -0.507 e. The molecule has 5 rings (SSSR count). The number of nitrogens with two attached hydrogens (primary N) is 1. The van der Waals surface area contributed by atoms with Gasteiger partial charge < -0.3 is 31.7 Å². The molecule has 41 heavy (non-hydrogen) atoms. The van der Waals surface area contributed by atoms with Crippen molar-refractivity contribution in [3.05, 3.63) is 58.1 Å². The number of rotatable bonds is 7. The summed E-state index contributed by atoms with van der Waals surface area (Å²) in [7, 11) is 1.65. The molecule has 0 bridgehead atoms. The maximum atomic E-state index is 13.8. The van der Waals surface area contributed by atoms with Gasteiger partial charge in [-0.3, -0.25) is 24.0 Å². The molecular formula is C29H29N3O9. The molecular weight excluding hydrogens is 534 g/mol. The molecule has 0 saturated heterocycles. The molecule has 0 aliphatic heterocycles. The molecule has 214 valence electrons. The number of carbonyl (C=O) groups is 6. The number of phenols is 1. The van der Waals surface area contributed by atoms with E-state index in [1.54, 1.807) is 25.2 Å². The number of amides is 1. The van der Waals surface area contributed by atoms with Crippen molar-refractivity contribution in [3.8, 4) is 5.75 Å². The fourth-order valence-corrected chi connectivity index (χ4v) is 6.55. The predicted molar refractivity (Wildman–Crippen MR) is 142 cm³/mol. The zero-order chi connectivity index (χ0) is 29.8. The number of carboxylic acids is 1. The van der Waals surface area contributed by atoms with Crippen LogP contribution >= 0.6 is 0 Å². The lowest BCUT2D eigenvalue weighted by Crippen LogP contribution is -2.68. The molecule has 0 radical (unpaired) electrons. The summed E-state index contributed by atoms with van der Waals surface area (Å²) in [6.45, 7) is 0.454. The van der Waals surface area contributed by atoms with Gasteiger partial charge in [-0.25, -0.2) is 4.79 Å². The van der Waals surface area contributed by atoms with Gasteiger partial charge in [0.15, 0.2) is 34.7 Å². The van der Waals surface area contributed by atoms with Crippen molar-refractivity contribution >= 4 is 40.7 Å². The highest BCUT2D eigenvalue weighted by molar-refractivity contribution is 6.31. The van der Waals surface area contributed by atoms with Crippen molar-refractivity contribution in [1.82, 2.24) is 5.32 Å². The molecule has 0 aromatic heterocycles. The van der Waals surface area contributed by atoms with Crippen LogP contribution in [0.3, 0.4) is 0 Å². The largest absolute Gasteiger partial charge is 0.507 e. The number of hydrogen-bond acceptors (Lipinski definition) is 10. The van der Waals surface area contributed by atoms with E-state index in [4.69, 9.17) is 10.8 Å². The highest BCUT2D eigenvalue weighted by Crippen LogP contribution is 2.51. The second-order valence-electron chi connectivity index (χ2n) is 10.9. The first kappa shape index (κ1) is 28.1. The Morgan fingerprint density at radius 1 is 1.05 bits per heavy atom. The molecule has 3 aliphatic rings. The fourth-order valence-electron chi connectivity index (χ4n) is 6.55. The molecule has 12 heteroatoms. The molecule has 3 aliphatic carbocycles. The van der Waals surface area contributed by atoms with Gasteiger partial charge in [-0.05, 0) is 48.1 Å². The fraction of sp³-hybridized carbons (Fsp3) is 0.379. The third-order valence-electron chi connectivity index (χ3n) is 8.60. The van der Waals surface area contributed by atoms with Crippen LogP contribution in [-0.4, -0.2) is 63.0 Å². The monoisotopic (exact) mass is 563 g/mol. The van der Waals surface area contributed by atoms with Crippen LogP contribution in [0.4, 0.5) is 5.69 Å². The highest BCUT2D eigenvalue weighted by Gasteiger charge is 2.66. The average molecular weight is 564 g/mol. The molecule has 12 nitrogen and oxygen atoms in total. The number of benzene rings is 2. The van der Waals surface area contributed by atoms with Crippen molar-refractivity contribution in [1.29, 1.82) is 0 Å². The number of primary amides is 1. The van der Waals surface area contributed by atoms with Gasteiger partial charge in [0.1, 0.15) is 5.75 Å². The molecule has 2 aromatic rings. The number of aliphatic hydroxyl groups is 1. The quantitative estimate of drug-likeness (QED) is 0.200. The van der Waals surface area contributed by atoms with Gasteiger partial charge in [0.2, 0.25) is 5.91 Å². The number of Topliss-reactive ketones (excluding diaryl/α,β-unsaturated/α-hetero) is 4. The Morgan fingerprint density at radius 3 is 2.34 bits per heavy atom. The van der Waals surface area contributed by atoms with Crippen LogP contribution in [0, 0.1) is 23.7 Å². The molecule has 0 spiro atoms. The third-order valence-corrected chi connectivity index (χ3v) is 8.60. The number of aromatic hydroxyl groups is 1. The van der Waals surface area contributed by atoms with E-state index >= 15 is 0 Å². The summed E-state index contributed by atoms with van der Waals surface area (Å²) in [5.41, 5.74) is 4.79. The van der Waals surface area contributed by atoms with E-state index in [0.29, 0.717) is 23.4 Å². The summed E-state index contributed by atoms with van der Waals surface area (Å²) in [4.78, 5) is 75.9. The summed E-state index contributed by atoms with van der Waals surface area (Å²) in [6.07, 6.45) is -0.187. The number of carbonyl (C=O) groups excluding carboxylic acids is 5. The lowest BCUT2D eigenvalue weighted by atomic mass is 9.53. The Kier molecular flexibility index (Phi) is 7.00. The van der Waals surface area contributed by atoms with Crippen LogP contribution in [0.15, 0.2) is 30.3 Å². The normalized spacial score (nSPS) is 27.1. The summed E-state index contributed by atoms with van der Waals surface area (Å²) >= 11 is 0. The molecule has 7 N–H and O–H groups in total. The van der Waals surface area contributed by atoms with Crippen LogP contribution in [0.25, 0.3) is 0 Å². The summed E-state index contributed by atoms with van der Waals surface area (Å²) in [5, 5.41) is 37.8. The first-order valence-electron chi connectivity index (χ1n) is 13.2. The summed E-state index contributed by atoms with van der Waals surface area (Å²) in [6, 6.07) is 7.95. The highest BCUT2D eigenvalue weighted by atomic mass is 16.4. The van der Waals surface area contributed by atoms with Crippen LogP contribution in [0.2, 0.25) is 0 Å². The number of nitrogens with one attached hydrogen (secondary N) is 2. The van der Waals surface area contributed by atoms with Crippen molar-refractivity contribution < 1.29 is 44.1 Å². The van der Waals surface area contributed by atoms with E-state index in [-0.39, 0.29) is 42.7 Å². The van der Waals surface area contributed by atoms with Crippen LogP contribution in [0.5, 0.6) is 5.75 Å². The zero-order valence-electron chi connectivity index (χ0n) is 22.1. The Labute approximate surface area is 233 Å². The number of ketones is 4. The van der Waals surface area contributed by atoms with E-state index < -0.39 is 64.3 Å². The first-order valence-corrected chi connectivity index (χ1v) is 13.2. The molecule has 1 amide bonds. The van der Waals surface area contributed by atoms with Gasteiger partial charge in [0.25, 0.3) is 0 Å². The number of anilines is 1. The zero-order valence-corrected chi connectivity index (χ0v) is 22.1. The minimum absolute atomic E-state index is 0.0228. The van der Waals surface area contributed by atoms with E-state index in [1.807, 2.05) is 0 Å². The SMILES string of the molecule is CNc1cc(CNCc2ccc(C(=O)O)cc2)c(O)c2c1CC1CC3CC(=O)C(C(N)=O)C(=O)[C@@]3(O)C(=O)C1C2=O. The minimum atomic E-state index is -2.70. The molecule has 2 aromatic carbocycles. The van der Waals surface area contributed by atoms with Gasteiger partial charge in [-0.15, -0.1) is 0 Å². The van der Waals surface area contributed by atoms with Gasteiger partial charge in [0, 0.05) is 43.7 Å². The second-order valence-corrected chi connectivity index (χ2v) is 10.9. The van der Waals surface area contributed by atoms with E-state index in [9.17, 15) is 39.0 Å². The Hall–Kier alpha value is -4.42. The second kappa shape index (κ2) is 10.2. The van der Waals surface area contributed by atoms with Crippen molar-refractivity contribution in [2.24, 2.45) is 29.4 Å². The van der Waals surface area contributed by atoms with Gasteiger partial charge in [-0.2, -0.15) is 0 Å². The smallest absolute Gasteiger partial charge is 0.335 e. The Bertz CT molecular complexity index is 1520. The first-order chi connectivity index (χ1) is 19.4. The number of hydrogen-bond donors (Lipinski definition) is 6. The van der Waals surface area contributed by atoms with Crippen molar-refractivity contribution in [2.75, 3.05) is 12.4 Å². The standard InChI is InChI=1S/C29H29N3O9/c1-31-18-8-15(11-32-10-12-2-4-13(5-3-12)28(39)40)23(34)21-17(18)7-14-6-16-9-19(33)22(27(30)38)26(37)29(16,41)25(36)20(14)24(21)35/h2-5,8,14,16,20,22,31-32,34,41H,6-7,9-11H2,1H3,(H2,30,38)(H,39,40)/t14?,16?,20?,22?,29-/m0/s1. The van der Waals surface area contributed by atoms with Crippen molar-refractivity contribution in [2.45, 2.75) is 38.0 Å². The maximum absolute atomic E-state index is 13.8. The van der Waals surface area contributed by atoms with Gasteiger partial charge in [0.05, 0.1) is 17.0 Å². The Morgan fingerprint density at radius 2 is 1.73 bits per heavy atom.